The number of nitrogens with one attached hydrogen (secondary N) is 1. The standard InChI is InChI=1S/C15H17N3O/c1-9-8-12-6-4-5-7-13(12)18(9)15(19)14-10(2)11(3)16-17-14/h4-7,9H,8H2,1-3H3,(H,16,17). The third-order valence-corrected chi connectivity index (χ3v) is 3.88. The number of benzene rings is 1. The molecule has 0 bridgehead atoms. The Morgan fingerprint density at radius 2 is 2.11 bits per heavy atom. The fourth-order valence-electron chi connectivity index (χ4n) is 2.68. The molecule has 1 aromatic carbocycles. The minimum Gasteiger partial charge on any atom is -0.304 e. The molecule has 3 rings (SSSR count). The molecule has 4 heteroatoms. The van der Waals surface area contributed by atoms with Gasteiger partial charge in [-0.15, -0.1) is 0 Å². The van der Waals surface area contributed by atoms with Gasteiger partial charge in [0.05, 0.1) is 0 Å². The second kappa shape index (κ2) is 4.23. The summed E-state index contributed by atoms with van der Waals surface area (Å²) in [6.45, 7) is 5.94. The maximum absolute atomic E-state index is 12.7. The molecular weight excluding hydrogens is 238 g/mol. The summed E-state index contributed by atoms with van der Waals surface area (Å²) < 4.78 is 0. The van der Waals surface area contributed by atoms with E-state index in [2.05, 4.69) is 23.2 Å². The van der Waals surface area contributed by atoms with Crippen LogP contribution in [0.4, 0.5) is 5.69 Å². The Balaban J connectivity index is 2.03. The van der Waals surface area contributed by atoms with Gasteiger partial charge in [0.15, 0.2) is 5.69 Å². The van der Waals surface area contributed by atoms with Crippen LogP contribution in [0.1, 0.15) is 34.2 Å². The van der Waals surface area contributed by atoms with Gasteiger partial charge in [0.2, 0.25) is 0 Å². The molecule has 0 radical (unpaired) electrons. The number of anilines is 1. The van der Waals surface area contributed by atoms with E-state index in [9.17, 15) is 4.79 Å². The number of fused-ring (bicyclic) bond motifs is 1. The maximum atomic E-state index is 12.7. The van der Waals surface area contributed by atoms with Gasteiger partial charge in [0.1, 0.15) is 0 Å². The molecule has 2 heterocycles. The van der Waals surface area contributed by atoms with Gasteiger partial charge in [0, 0.05) is 23.0 Å². The zero-order valence-corrected chi connectivity index (χ0v) is 11.4. The van der Waals surface area contributed by atoms with E-state index in [-0.39, 0.29) is 11.9 Å². The zero-order valence-electron chi connectivity index (χ0n) is 11.4. The summed E-state index contributed by atoms with van der Waals surface area (Å²) in [4.78, 5) is 14.6. The fraction of sp³-hybridized carbons (Fsp3) is 0.333. The van der Waals surface area contributed by atoms with Gasteiger partial charge in [0.25, 0.3) is 5.91 Å². The molecule has 1 N–H and O–H groups in total. The van der Waals surface area contributed by atoms with Crippen LogP contribution >= 0.6 is 0 Å². The van der Waals surface area contributed by atoms with Crippen LogP contribution in [0, 0.1) is 13.8 Å². The third-order valence-electron chi connectivity index (χ3n) is 3.88. The lowest BCUT2D eigenvalue weighted by Gasteiger charge is -2.22. The molecule has 19 heavy (non-hydrogen) atoms. The van der Waals surface area contributed by atoms with Crippen molar-refractivity contribution in [1.82, 2.24) is 10.2 Å². The van der Waals surface area contributed by atoms with Crippen LogP contribution in [-0.4, -0.2) is 22.1 Å². The number of aromatic nitrogens is 2. The number of para-hydroxylation sites is 1. The Labute approximate surface area is 112 Å². The van der Waals surface area contributed by atoms with Crippen molar-refractivity contribution in [2.75, 3.05) is 4.90 Å². The van der Waals surface area contributed by atoms with E-state index in [1.807, 2.05) is 36.9 Å². The first-order chi connectivity index (χ1) is 9.09. The number of carbonyl (C=O) groups excluding carboxylic acids is 1. The van der Waals surface area contributed by atoms with Crippen molar-refractivity contribution in [3.63, 3.8) is 0 Å². The summed E-state index contributed by atoms with van der Waals surface area (Å²) in [6.07, 6.45) is 0.907. The van der Waals surface area contributed by atoms with Crippen molar-refractivity contribution in [3.05, 3.63) is 46.8 Å². The highest BCUT2D eigenvalue weighted by Crippen LogP contribution is 2.33. The molecule has 98 valence electrons. The van der Waals surface area contributed by atoms with Gasteiger partial charge in [-0.2, -0.15) is 5.10 Å². The molecule has 1 atom stereocenters. The number of amides is 1. The van der Waals surface area contributed by atoms with E-state index in [0.29, 0.717) is 5.69 Å². The molecule has 1 amide bonds. The Hall–Kier alpha value is -2.10. The first-order valence-corrected chi connectivity index (χ1v) is 6.52. The first kappa shape index (κ1) is 12.0. The van der Waals surface area contributed by atoms with Gasteiger partial charge in [-0.05, 0) is 38.8 Å². The Kier molecular flexibility index (Phi) is 2.66. The highest BCUT2D eigenvalue weighted by Gasteiger charge is 2.33. The Bertz CT molecular complexity index is 645. The number of nitrogens with zero attached hydrogens (tertiary/aromatic N) is 2. The molecule has 1 aliphatic heterocycles. The number of hydrogen-bond acceptors (Lipinski definition) is 2. The fourth-order valence-corrected chi connectivity index (χ4v) is 2.68. The quantitative estimate of drug-likeness (QED) is 0.851. The molecular formula is C15H17N3O. The number of H-pyrrole nitrogens is 1. The molecule has 1 aromatic heterocycles. The van der Waals surface area contributed by atoms with Crippen LogP contribution in [0.15, 0.2) is 24.3 Å². The van der Waals surface area contributed by atoms with Crippen molar-refractivity contribution in [2.45, 2.75) is 33.2 Å². The lowest BCUT2D eigenvalue weighted by Crippen LogP contribution is -2.36. The summed E-state index contributed by atoms with van der Waals surface area (Å²) in [5, 5.41) is 7.03. The van der Waals surface area contributed by atoms with Crippen molar-refractivity contribution in [3.8, 4) is 0 Å². The second-order valence-corrected chi connectivity index (χ2v) is 5.18. The topological polar surface area (TPSA) is 49.0 Å². The normalized spacial score (nSPS) is 17.6. The number of hydrogen-bond donors (Lipinski definition) is 1. The summed E-state index contributed by atoms with van der Waals surface area (Å²) in [5.74, 6) is -0.0145. The first-order valence-electron chi connectivity index (χ1n) is 6.52. The third kappa shape index (κ3) is 1.75. The molecule has 2 aromatic rings. The molecule has 0 aliphatic carbocycles. The molecule has 0 saturated heterocycles. The number of aromatic amines is 1. The molecule has 4 nitrogen and oxygen atoms in total. The van der Waals surface area contributed by atoms with E-state index < -0.39 is 0 Å². The minimum absolute atomic E-state index is 0.0145. The molecule has 0 saturated carbocycles. The van der Waals surface area contributed by atoms with Crippen LogP contribution < -0.4 is 4.90 Å². The smallest absolute Gasteiger partial charge is 0.279 e. The van der Waals surface area contributed by atoms with E-state index in [1.54, 1.807) is 0 Å². The predicted octanol–water partition coefficient (Wildman–Crippen LogP) is 2.62. The van der Waals surface area contributed by atoms with Crippen molar-refractivity contribution < 1.29 is 4.79 Å². The van der Waals surface area contributed by atoms with E-state index >= 15 is 0 Å². The van der Waals surface area contributed by atoms with Crippen LogP contribution in [0.5, 0.6) is 0 Å². The molecule has 1 unspecified atom stereocenters. The summed E-state index contributed by atoms with van der Waals surface area (Å²) in [6, 6.07) is 8.26. The van der Waals surface area contributed by atoms with Crippen LogP contribution in [-0.2, 0) is 6.42 Å². The number of aryl methyl sites for hydroxylation is 1. The van der Waals surface area contributed by atoms with Crippen LogP contribution in [0.2, 0.25) is 0 Å². The summed E-state index contributed by atoms with van der Waals surface area (Å²) in [5.41, 5.74) is 4.65. The van der Waals surface area contributed by atoms with Crippen molar-refractivity contribution in [1.29, 1.82) is 0 Å². The average molecular weight is 255 g/mol. The van der Waals surface area contributed by atoms with Crippen LogP contribution in [0.3, 0.4) is 0 Å². The van der Waals surface area contributed by atoms with E-state index in [0.717, 1.165) is 23.4 Å². The lowest BCUT2D eigenvalue weighted by molar-refractivity contribution is 0.0976. The predicted molar refractivity (Wildman–Crippen MR) is 74.5 cm³/mol. The highest BCUT2D eigenvalue weighted by molar-refractivity contribution is 6.07. The second-order valence-electron chi connectivity index (χ2n) is 5.18. The Morgan fingerprint density at radius 3 is 2.79 bits per heavy atom. The molecule has 1 aliphatic rings. The summed E-state index contributed by atoms with van der Waals surface area (Å²) in [7, 11) is 0. The Morgan fingerprint density at radius 1 is 1.37 bits per heavy atom. The average Bonchev–Trinajstić information content (AvgIpc) is 2.89. The van der Waals surface area contributed by atoms with Crippen molar-refractivity contribution >= 4 is 11.6 Å². The van der Waals surface area contributed by atoms with Crippen LogP contribution in [0.25, 0.3) is 0 Å². The van der Waals surface area contributed by atoms with Gasteiger partial charge >= 0.3 is 0 Å². The summed E-state index contributed by atoms with van der Waals surface area (Å²) >= 11 is 0. The van der Waals surface area contributed by atoms with Gasteiger partial charge in [-0.25, -0.2) is 0 Å². The number of carbonyl (C=O) groups is 1. The molecule has 0 fully saturated rings. The van der Waals surface area contributed by atoms with Gasteiger partial charge in [-0.3, -0.25) is 9.89 Å². The zero-order chi connectivity index (χ0) is 13.6. The van der Waals surface area contributed by atoms with Gasteiger partial charge in [-0.1, -0.05) is 18.2 Å². The van der Waals surface area contributed by atoms with Gasteiger partial charge < -0.3 is 4.90 Å². The minimum atomic E-state index is -0.0145. The largest absolute Gasteiger partial charge is 0.304 e. The lowest BCUT2D eigenvalue weighted by atomic mass is 10.1. The van der Waals surface area contributed by atoms with Crippen molar-refractivity contribution in [2.24, 2.45) is 0 Å². The van der Waals surface area contributed by atoms with E-state index in [4.69, 9.17) is 0 Å². The maximum Gasteiger partial charge on any atom is 0.279 e. The van der Waals surface area contributed by atoms with E-state index in [1.165, 1.54) is 5.56 Å². The number of rotatable bonds is 1. The molecule has 0 spiro atoms. The SMILES string of the molecule is Cc1[nH]nc(C(=O)N2c3ccccc3CC2C)c1C. The highest BCUT2D eigenvalue weighted by atomic mass is 16.2. The monoisotopic (exact) mass is 255 g/mol.